The lowest BCUT2D eigenvalue weighted by Gasteiger charge is -2.38. The highest BCUT2D eigenvalue weighted by atomic mass is 32.1. The van der Waals surface area contributed by atoms with Gasteiger partial charge in [0, 0.05) is 44.7 Å². The van der Waals surface area contributed by atoms with Crippen LogP contribution in [-0.2, 0) is 22.7 Å². The van der Waals surface area contributed by atoms with Crippen molar-refractivity contribution >= 4 is 23.2 Å². The highest BCUT2D eigenvalue weighted by molar-refractivity contribution is 7.07. The highest BCUT2D eigenvalue weighted by Crippen LogP contribution is 2.37. The second kappa shape index (κ2) is 8.91. The lowest BCUT2D eigenvalue weighted by atomic mass is 9.88. The Balaban J connectivity index is 0.000000339. The molecule has 3 heterocycles. The number of rotatable bonds is 4. The maximum atomic E-state index is 13.0. The molecular formula is C18H19F5N4O3S. The summed E-state index contributed by atoms with van der Waals surface area (Å²) in [4.78, 5) is 27.8. The molecule has 2 aliphatic rings. The smallest absolute Gasteiger partial charge is 0.475 e. The van der Waals surface area contributed by atoms with Crippen molar-refractivity contribution in [1.29, 1.82) is 0 Å². The average molecular weight is 466 g/mol. The lowest BCUT2D eigenvalue weighted by Crippen LogP contribution is -2.53. The van der Waals surface area contributed by atoms with Gasteiger partial charge in [-0.1, -0.05) is 0 Å². The summed E-state index contributed by atoms with van der Waals surface area (Å²) in [5.74, 6) is -5.59. The van der Waals surface area contributed by atoms with Crippen molar-refractivity contribution in [2.45, 2.75) is 50.1 Å². The minimum Gasteiger partial charge on any atom is -0.475 e. The third kappa shape index (κ3) is 6.00. The number of hydrogen-bond donors (Lipinski definition) is 2. The first-order valence-corrected chi connectivity index (χ1v) is 10.1. The van der Waals surface area contributed by atoms with Crippen LogP contribution in [0.2, 0.25) is 0 Å². The van der Waals surface area contributed by atoms with Crippen LogP contribution >= 0.6 is 11.3 Å². The van der Waals surface area contributed by atoms with Gasteiger partial charge in [-0.15, -0.1) is 0 Å². The molecule has 0 saturated heterocycles. The van der Waals surface area contributed by atoms with E-state index < -0.39 is 30.2 Å². The Hall–Kier alpha value is -2.54. The first-order valence-electron chi connectivity index (χ1n) is 9.17. The van der Waals surface area contributed by atoms with E-state index in [1.165, 1.54) is 5.56 Å². The molecule has 0 radical (unpaired) electrons. The van der Waals surface area contributed by atoms with Crippen LogP contribution < -0.4 is 5.32 Å². The molecule has 1 saturated carbocycles. The molecule has 0 aromatic carbocycles. The predicted octanol–water partition coefficient (Wildman–Crippen LogP) is 3.05. The number of carbonyl (C=O) groups excluding carboxylic acids is 1. The fraction of sp³-hybridized carbons (Fsp3) is 0.500. The maximum absolute atomic E-state index is 13.0. The number of nitrogens with one attached hydrogen (secondary N) is 1. The number of alkyl halides is 5. The van der Waals surface area contributed by atoms with Crippen LogP contribution in [0.3, 0.4) is 0 Å². The molecule has 1 atom stereocenters. The van der Waals surface area contributed by atoms with Crippen molar-refractivity contribution in [1.82, 2.24) is 19.8 Å². The molecule has 170 valence electrons. The van der Waals surface area contributed by atoms with E-state index >= 15 is 0 Å². The van der Waals surface area contributed by atoms with Crippen LogP contribution in [0.5, 0.6) is 0 Å². The van der Waals surface area contributed by atoms with Crippen molar-refractivity contribution in [2.75, 3.05) is 6.54 Å². The fourth-order valence-electron chi connectivity index (χ4n) is 3.39. The summed E-state index contributed by atoms with van der Waals surface area (Å²) >= 11 is 1.65. The fourth-order valence-corrected chi connectivity index (χ4v) is 4.05. The number of carboxylic acid groups (broad SMARTS) is 1. The molecule has 2 aromatic rings. The van der Waals surface area contributed by atoms with Crippen molar-refractivity contribution in [3.63, 3.8) is 0 Å². The second-order valence-corrected chi connectivity index (χ2v) is 8.16. The van der Waals surface area contributed by atoms with Crippen LogP contribution in [0.25, 0.3) is 0 Å². The molecule has 0 bridgehead atoms. The third-order valence-corrected chi connectivity index (χ3v) is 5.60. The zero-order valence-electron chi connectivity index (χ0n) is 16.0. The van der Waals surface area contributed by atoms with Crippen LogP contribution in [0.1, 0.15) is 30.1 Å². The molecule has 7 nitrogen and oxygen atoms in total. The Morgan fingerprint density at radius 3 is 2.55 bits per heavy atom. The van der Waals surface area contributed by atoms with Gasteiger partial charge in [0.25, 0.3) is 5.92 Å². The van der Waals surface area contributed by atoms with Crippen LogP contribution in [0.15, 0.2) is 29.4 Å². The van der Waals surface area contributed by atoms with Gasteiger partial charge in [0.1, 0.15) is 6.04 Å². The molecular weight excluding hydrogens is 447 g/mol. The number of halogens is 5. The number of amides is 1. The molecule has 1 fully saturated rings. The Bertz CT molecular complexity index is 908. The maximum Gasteiger partial charge on any atom is 0.490 e. The molecule has 4 rings (SSSR count). The summed E-state index contributed by atoms with van der Waals surface area (Å²) < 4.78 is 59.5. The molecule has 1 amide bonds. The molecule has 1 aliphatic carbocycles. The minimum atomic E-state index is -5.08. The molecule has 1 unspecified atom stereocenters. The monoisotopic (exact) mass is 466 g/mol. The van der Waals surface area contributed by atoms with E-state index in [9.17, 15) is 26.7 Å². The number of aromatic nitrogens is 2. The quantitative estimate of drug-likeness (QED) is 0.677. The van der Waals surface area contributed by atoms with E-state index in [0.717, 1.165) is 18.8 Å². The SMILES string of the molecule is O=C(NC1CC(F)(F)C1)C1CN(Cc2ccsc2)Cc2cncn21.O=C(O)C(F)(F)F. The van der Waals surface area contributed by atoms with Crippen molar-refractivity contribution in [3.8, 4) is 0 Å². The zero-order chi connectivity index (χ0) is 22.8. The van der Waals surface area contributed by atoms with Gasteiger partial charge < -0.3 is 15.0 Å². The molecule has 31 heavy (non-hydrogen) atoms. The molecule has 1 aliphatic heterocycles. The molecule has 0 spiro atoms. The van der Waals surface area contributed by atoms with Gasteiger partial charge in [0.15, 0.2) is 0 Å². The molecule has 13 heteroatoms. The van der Waals surface area contributed by atoms with E-state index in [1.807, 2.05) is 9.95 Å². The number of imidazole rings is 1. The van der Waals surface area contributed by atoms with E-state index in [-0.39, 0.29) is 18.7 Å². The number of fused-ring (bicyclic) bond motifs is 1. The van der Waals surface area contributed by atoms with E-state index in [4.69, 9.17) is 9.90 Å². The van der Waals surface area contributed by atoms with E-state index in [2.05, 4.69) is 26.6 Å². The van der Waals surface area contributed by atoms with Crippen molar-refractivity contribution < 1.29 is 36.6 Å². The average Bonchev–Trinajstić information content (AvgIpc) is 3.30. The van der Waals surface area contributed by atoms with Gasteiger partial charge in [0.2, 0.25) is 5.91 Å². The normalized spacial score (nSPS) is 20.7. The van der Waals surface area contributed by atoms with E-state index in [0.29, 0.717) is 6.54 Å². The van der Waals surface area contributed by atoms with Crippen molar-refractivity contribution in [2.24, 2.45) is 0 Å². The Labute approximate surface area is 177 Å². The zero-order valence-corrected chi connectivity index (χ0v) is 16.8. The number of carbonyl (C=O) groups is 2. The van der Waals surface area contributed by atoms with Crippen molar-refractivity contribution in [3.05, 3.63) is 40.6 Å². The number of hydrogen-bond acceptors (Lipinski definition) is 5. The summed E-state index contributed by atoms with van der Waals surface area (Å²) in [7, 11) is 0. The molecule has 2 aromatic heterocycles. The van der Waals surface area contributed by atoms with Crippen LogP contribution in [0.4, 0.5) is 22.0 Å². The lowest BCUT2D eigenvalue weighted by molar-refractivity contribution is -0.192. The van der Waals surface area contributed by atoms with E-state index in [1.54, 1.807) is 23.9 Å². The summed E-state index contributed by atoms with van der Waals surface area (Å²) in [6.07, 6.45) is -2.20. The topological polar surface area (TPSA) is 87.5 Å². The third-order valence-electron chi connectivity index (χ3n) is 4.87. The second-order valence-electron chi connectivity index (χ2n) is 7.38. The van der Waals surface area contributed by atoms with Gasteiger partial charge in [-0.2, -0.15) is 24.5 Å². The van der Waals surface area contributed by atoms with Gasteiger partial charge in [-0.05, 0) is 22.4 Å². The number of nitrogens with zero attached hydrogens (tertiary/aromatic N) is 3. The number of aliphatic carboxylic acids is 1. The first-order chi connectivity index (χ1) is 14.4. The Morgan fingerprint density at radius 1 is 1.32 bits per heavy atom. The van der Waals surface area contributed by atoms with Gasteiger partial charge in [-0.3, -0.25) is 9.69 Å². The summed E-state index contributed by atoms with van der Waals surface area (Å²) in [5, 5.41) is 14.0. The number of carboxylic acids is 1. The standard InChI is InChI=1S/C16H18F2N4OS.C2HF3O2/c17-16(18)3-12(4-16)20-15(23)14-8-21(6-11-1-2-24-9-11)7-13-5-19-10-22(13)14;3-2(4,5)1(6)7/h1-2,5,9-10,12,14H,3-4,6-8H2,(H,20,23);(H,6,7). The van der Waals surface area contributed by atoms with Gasteiger partial charge >= 0.3 is 12.1 Å². The summed E-state index contributed by atoms with van der Waals surface area (Å²) in [6, 6.07) is 1.22. The molecule has 2 N–H and O–H groups in total. The van der Waals surface area contributed by atoms with Gasteiger partial charge in [-0.25, -0.2) is 18.6 Å². The van der Waals surface area contributed by atoms with Gasteiger partial charge in [0.05, 0.1) is 12.0 Å². The Kier molecular flexibility index (Phi) is 6.65. The minimum absolute atomic E-state index is 0.204. The van der Waals surface area contributed by atoms with Crippen LogP contribution in [-0.4, -0.2) is 56.1 Å². The summed E-state index contributed by atoms with van der Waals surface area (Å²) in [6.45, 7) is 2.04. The Morgan fingerprint density at radius 2 is 2.00 bits per heavy atom. The highest BCUT2D eigenvalue weighted by Gasteiger charge is 2.46. The van der Waals surface area contributed by atoms with Crippen LogP contribution in [0, 0.1) is 0 Å². The largest absolute Gasteiger partial charge is 0.490 e. The first kappa shape index (κ1) is 23.1. The predicted molar refractivity (Wildman–Crippen MR) is 99.5 cm³/mol. The summed E-state index contributed by atoms with van der Waals surface area (Å²) in [5.41, 5.74) is 2.18. The number of thiophene rings is 1.